The highest BCUT2D eigenvalue weighted by molar-refractivity contribution is 5.97. The third-order valence-corrected chi connectivity index (χ3v) is 9.05. The highest BCUT2D eigenvalue weighted by Gasteiger charge is 2.54. The van der Waals surface area contributed by atoms with Gasteiger partial charge in [0.15, 0.2) is 0 Å². The van der Waals surface area contributed by atoms with E-state index in [1.165, 1.54) is 0 Å². The predicted octanol–water partition coefficient (Wildman–Crippen LogP) is 5.35. The zero-order valence-corrected chi connectivity index (χ0v) is 23.2. The van der Waals surface area contributed by atoms with Gasteiger partial charge in [0.1, 0.15) is 5.60 Å². The molecule has 0 aliphatic carbocycles. The average Bonchev–Trinajstić information content (AvgIpc) is 3.17. The first-order valence-electron chi connectivity index (χ1n) is 14.4. The lowest BCUT2D eigenvalue weighted by atomic mass is 9.81. The first-order valence-corrected chi connectivity index (χ1v) is 14.4. The molecule has 7 nitrogen and oxygen atoms in total. The molecule has 2 amide bonds. The van der Waals surface area contributed by atoms with Gasteiger partial charge in [0.25, 0.3) is 5.91 Å². The zero-order valence-electron chi connectivity index (χ0n) is 23.2. The van der Waals surface area contributed by atoms with Crippen LogP contribution in [0.25, 0.3) is 0 Å². The number of carbonyl (C=O) groups is 2. The second-order valence-corrected chi connectivity index (χ2v) is 11.4. The van der Waals surface area contributed by atoms with Crippen molar-refractivity contribution >= 4 is 12.0 Å². The smallest absolute Gasteiger partial charge is 0.411 e. The number of nitrogens with zero attached hydrogens (tertiary/aromatic N) is 4. The van der Waals surface area contributed by atoms with Gasteiger partial charge in [0, 0.05) is 69.6 Å². The van der Waals surface area contributed by atoms with Crippen LogP contribution in [0.15, 0.2) is 42.7 Å². The molecule has 1 unspecified atom stereocenters. The molecule has 0 radical (unpaired) electrons. The van der Waals surface area contributed by atoms with E-state index in [1.54, 1.807) is 12.4 Å². The fourth-order valence-corrected chi connectivity index (χ4v) is 6.83. The second-order valence-electron chi connectivity index (χ2n) is 11.4. The number of ether oxygens (including phenoxy) is 1. The van der Waals surface area contributed by atoms with Crippen LogP contribution in [-0.4, -0.2) is 75.5 Å². The minimum absolute atomic E-state index is 0.113. The first kappa shape index (κ1) is 26.7. The van der Waals surface area contributed by atoms with Crippen molar-refractivity contribution in [3.63, 3.8) is 0 Å². The highest BCUT2D eigenvalue weighted by Crippen LogP contribution is 2.42. The highest BCUT2D eigenvalue weighted by atomic mass is 16.6. The molecule has 0 bridgehead atoms. The maximum atomic E-state index is 13.3. The van der Waals surface area contributed by atoms with Crippen molar-refractivity contribution in [3.05, 3.63) is 65.0 Å². The lowest BCUT2D eigenvalue weighted by Gasteiger charge is -2.46. The van der Waals surface area contributed by atoms with Crippen molar-refractivity contribution in [3.8, 4) is 0 Å². The third-order valence-electron chi connectivity index (χ3n) is 9.05. The SMILES string of the molecule is CCCCC1N(Cc2ccncc2)C(=O)OC12CCN(C1CCN(C(=O)c3c(C)cccc3C)CC1)CC2. The lowest BCUT2D eigenvalue weighted by Crippen LogP contribution is -2.56. The third kappa shape index (κ3) is 5.31. The van der Waals surface area contributed by atoms with Crippen molar-refractivity contribution < 1.29 is 14.3 Å². The molecule has 3 aliphatic heterocycles. The zero-order chi connectivity index (χ0) is 26.7. The Hall–Kier alpha value is -2.93. The topological polar surface area (TPSA) is 66.0 Å². The molecule has 38 heavy (non-hydrogen) atoms. The number of hydrogen-bond acceptors (Lipinski definition) is 5. The summed E-state index contributed by atoms with van der Waals surface area (Å²) < 4.78 is 6.23. The summed E-state index contributed by atoms with van der Waals surface area (Å²) in [7, 11) is 0. The summed E-state index contributed by atoms with van der Waals surface area (Å²) >= 11 is 0. The Kier molecular flexibility index (Phi) is 8.03. The second kappa shape index (κ2) is 11.4. The average molecular weight is 519 g/mol. The minimum atomic E-state index is -0.394. The van der Waals surface area contributed by atoms with Crippen LogP contribution in [0.5, 0.6) is 0 Å². The van der Waals surface area contributed by atoms with E-state index in [4.69, 9.17) is 4.74 Å². The van der Waals surface area contributed by atoms with Gasteiger partial charge in [-0.05, 0) is 61.9 Å². The Bertz CT molecular complexity index is 1100. The summed E-state index contributed by atoms with van der Waals surface area (Å²) in [6, 6.07) is 10.6. The van der Waals surface area contributed by atoms with Crippen LogP contribution >= 0.6 is 0 Å². The van der Waals surface area contributed by atoms with Crippen LogP contribution in [0.4, 0.5) is 4.79 Å². The van der Waals surface area contributed by atoms with Gasteiger partial charge >= 0.3 is 6.09 Å². The summed E-state index contributed by atoms with van der Waals surface area (Å²) in [5, 5.41) is 0. The van der Waals surface area contributed by atoms with E-state index in [-0.39, 0.29) is 18.0 Å². The Morgan fingerprint density at radius 2 is 1.68 bits per heavy atom. The number of pyridine rings is 1. The number of aromatic nitrogens is 1. The summed E-state index contributed by atoms with van der Waals surface area (Å²) in [4.78, 5) is 37.1. The molecule has 3 aliphatic rings. The van der Waals surface area contributed by atoms with Crippen molar-refractivity contribution in [2.24, 2.45) is 0 Å². The number of aryl methyl sites for hydroxylation is 2. The fourth-order valence-electron chi connectivity index (χ4n) is 6.83. The number of piperidine rings is 2. The number of carbonyl (C=O) groups excluding carboxylic acids is 2. The van der Waals surface area contributed by atoms with Crippen LogP contribution in [0.2, 0.25) is 0 Å². The van der Waals surface area contributed by atoms with Crippen molar-refractivity contribution in [1.29, 1.82) is 0 Å². The van der Waals surface area contributed by atoms with Crippen molar-refractivity contribution in [2.45, 2.75) is 89.9 Å². The molecule has 3 saturated heterocycles. The molecule has 204 valence electrons. The van der Waals surface area contributed by atoms with Gasteiger partial charge in [-0.2, -0.15) is 0 Å². The lowest BCUT2D eigenvalue weighted by molar-refractivity contribution is -0.0383. The quantitative estimate of drug-likeness (QED) is 0.494. The van der Waals surface area contributed by atoms with E-state index in [2.05, 4.69) is 16.8 Å². The summed E-state index contributed by atoms with van der Waals surface area (Å²) in [6.45, 7) is 10.3. The number of amides is 2. The van der Waals surface area contributed by atoms with E-state index >= 15 is 0 Å². The van der Waals surface area contributed by atoms with Crippen molar-refractivity contribution in [1.82, 2.24) is 19.7 Å². The monoisotopic (exact) mass is 518 g/mol. The van der Waals surface area contributed by atoms with Crippen LogP contribution in [0.3, 0.4) is 0 Å². The summed E-state index contributed by atoms with van der Waals surface area (Å²) in [5.74, 6) is 0.169. The van der Waals surface area contributed by atoms with Gasteiger partial charge in [-0.25, -0.2) is 4.79 Å². The standard InChI is InChI=1S/C31H42N4O3/c1-4-5-9-27-31(38-30(37)35(27)22-25-10-16-32-17-11-25)14-20-33(21-15-31)26-12-18-34(19-13-26)29(36)28-23(2)7-6-8-24(28)3/h6-8,10-11,16-17,26-27H,4-5,9,12-15,18-22H2,1-3H3. The fraction of sp³-hybridized carbons (Fsp3) is 0.581. The van der Waals surface area contributed by atoms with Gasteiger partial charge in [0.05, 0.1) is 6.04 Å². The Morgan fingerprint density at radius 3 is 2.32 bits per heavy atom. The molecule has 0 saturated carbocycles. The van der Waals surface area contributed by atoms with Gasteiger partial charge in [-0.15, -0.1) is 0 Å². The Morgan fingerprint density at radius 1 is 1.03 bits per heavy atom. The number of unbranched alkanes of at least 4 members (excludes halogenated alkanes) is 1. The summed E-state index contributed by atoms with van der Waals surface area (Å²) in [6.07, 6.45) is 10.3. The summed E-state index contributed by atoms with van der Waals surface area (Å²) in [5.41, 5.74) is 3.67. The normalized spacial score (nSPS) is 22.2. The molecule has 1 spiro atoms. The van der Waals surface area contributed by atoms with E-state index < -0.39 is 5.60 Å². The minimum Gasteiger partial charge on any atom is -0.440 e. The maximum absolute atomic E-state index is 13.3. The molecule has 5 rings (SSSR count). The Labute approximate surface area is 227 Å². The number of hydrogen-bond donors (Lipinski definition) is 0. The molecule has 1 atom stereocenters. The number of benzene rings is 1. The molecule has 4 heterocycles. The maximum Gasteiger partial charge on any atom is 0.411 e. The van der Waals surface area contributed by atoms with Crippen LogP contribution < -0.4 is 0 Å². The molecular formula is C31H42N4O3. The van der Waals surface area contributed by atoms with Crippen LogP contribution in [0, 0.1) is 13.8 Å². The molecule has 7 heteroatoms. The van der Waals surface area contributed by atoms with Gasteiger partial charge < -0.3 is 9.64 Å². The van der Waals surface area contributed by atoms with Gasteiger partial charge in [-0.3, -0.25) is 19.6 Å². The van der Waals surface area contributed by atoms with Crippen LogP contribution in [-0.2, 0) is 11.3 Å². The molecule has 1 aromatic carbocycles. The molecule has 2 aromatic rings. The number of likely N-dealkylation sites (tertiary alicyclic amines) is 2. The Balaban J connectivity index is 1.20. The van der Waals surface area contributed by atoms with E-state index in [1.807, 2.05) is 54.0 Å². The molecule has 0 N–H and O–H groups in total. The molecule has 3 fully saturated rings. The largest absolute Gasteiger partial charge is 0.440 e. The van der Waals surface area contributed by atoms with Gasteiger partial charge in [0.2, 0.25) is 0 Å². The van der Waals surface area contributed by atoms with Crippen LogP contribution in [0.1, 0.15) is 78.9 Å². The first-order chi connectivity index (χ1) is 18.4. The van der Waals surface area contributed by atoms with E-state index in [0.29, 0.717) is 12.6 Å². The number of rotatable bonds is 7. The van der Waals surface area contributed by atoms with E-state index in [9.17, 15) is 9.59 Å². The molecule has 1 aromatic heterocycles. The van der Waals surface area contributed by atoms with Crippen molar-refractivity contribution in [2.75, 3.05) is 26.2 Å². The molecular weight excluding hydrogens is 476 g/mol. The predicted molar refractivity (Wildman–Crippen MR) is 148 cm³/mol. The van der Waals surface area contributed by atoms with E-state index in [0.717, 1.165) is 93.4 Å². The van der Waals surface area contributed by atoms with Gasteiger partial charge in [-0.1, -0.05) is 38.0 Å².